The molecule has 1 saturated heterocycles. The SMILES string of the molecule is Cc1nnc(CN=C(NC2CCCC2)N2CCN(CCOc3ccccc3)CC2)n1C. The molecule has 2 aliphatic rings. The van der Waals surface area contributed by atoms with Gasteiger partial charge in [0.25, 0.3) is 0 Å². The first-order chi connectivity index (χ1) is 15.2. The van der Waals surface area contributed by atoms with Gasteiger partial charge >= 0.3 is 0 Å². The average molecular weight is 426 g/mol. The molecule has 1 N–H and O–H groups in total. The Balaban J connectivity index is 1.30. The highest BCUT2D eigenvalue weighted by Gasteiger charge is 2.23. The fourth-order valence-corrected chi connectivity index (χ4v) is 4.22. The Labute approximate surface area is 185 Å². The number of guanidine groups is 1. The molecule has 8 nitrogen and oxygen atoms in total. The molecule has 2 heterocycles. The molecule has 0 bridgehead atoms. The molecule has 1 aromatic heterocycles. The van der Waals surface area contributed by atoms with E-state index in [1.165, 1.54) is 25.7 Å². The van der Waals surface area contributed by atoms with Gasteiger partial charge in [-0.25, -0.2) is 4.99 Å². The minimum Gasteiger partial charge on any atom is -0.492 e. The van der Waals surface area contributed by atoms with Crippen molar-refractivity contribution in [3.8, 4) is 5.75 Å². The summed E-state index contributed by atoms with van der Waals surface area (Å²) in [7, 11) is 2.00. The Hall–Kier alpha value is -2.61. The maximum atomic E-state index is 5.87. The number of ether oxygens (including phenoxy) is 1. The number of benzene rings is 1. The third-order valence-electron chi connectivity index (χ3n) is 6.33. The summed E-state index contributed by atoms with van der Waals surface area (Å²) in [5.74, 6) is 3.78. The third-order valence-corrected chi connectivity index (χ3v) is 6.33. The zero-order valence-corrected chi connectivity index (χ0v) is 18.8. The first-order valence-corrected chi connectivity index (χ1v) is 11.5. The molecule has 0 unspecified atom stereocenters. The number of nitrogens with zero attached hydrogens (tertiary/aromatic N) is 6. The lowest BCUT2D eigenvalue weighted by Gasteiger charge is -2.37. The van der Waals surface area contributed by atoms with E-state index in [9.17, 15) is 0 Å². The van der Waals surface area contributed by atoms with Crippen molar-refractivity contribution in [2.24, 2.45) is 12.0 Å². The van der Waals surface area contributed by atoms with Gasteiger partial charge in [0.05, 0.1) is 0 Å². The molecular weight excluding hydrogens is 390 g/mol. The quantitative estimate of drug-likeness (QED) is 0.542. The maximum absolute atomic E-state index is 5.87. The molecule has 31 heavy (non-hydrogen) atoms. The molecule has 4 rings (SSSR count). The molecule has 168 valence electrons. The number of hydrogen-bond donors (Lipinski definition) is 1. The van der Waals surface area contributed by atoms with Crippen molar-refractivity contribution < 1.29 is 4.74 Å². The van der Waals surface area contributed by atoms with Crippen molar-refractivity contribution in [2.75, 3.05) is 39.3 Å². The topological polar surface area (TPSA) is 70.8 Å². The summed E-state index contributed by atoms with van der Waals surface area (Å²) < 4.78 is 7.88. The fraction of sp³-hybridized carbons (Fsp3) is 0.609. The number of piperazine rings is 1. The molecule has 0 spiro atoms. The van der Waals surface area contributed by atoms with E-state index >= 15 is 0 Å². The monoisotopic (exact) mass is 425 g/mol. The molecule has 0 radical (unpaired) electrons. The Morgan fingerprint density at radius 2 is 1.84 bits per heavy atom. The van der Waals surface area contributed by atoms with Crippen molar-refractivity contribution in [1.29, 1.82) is 0 Å². The van der Waals surface area contributed by atoms with Crippen molar-refractivity contribution >= 4 is 5.96 Å². The average Bonchev–Trinajstić information content (AvgIpc) is 3.43. The smallest absolute Gasteiger partial charge is 0.194 e. The van der Waals surface area contributed by atoms with E-state index in [4.69, 9.17) is 9.73 Å². The van der Waals surface area contributed by atoms with Gasteiger partial charge < -0.3 is 19.5 Å². The highest BCUT2D eigenvalue weighted by atomic mass is 16.5. The molecule has 1 aliphatic heterocycles. The van der Waals surface area contributed by atoms with Crippen molar-refractivity contribution in [1.82, 2.24) is 29.9 Å². The summed E-state index contributed by atoms with van der Waals surface area (Å²) in [6.07, 6.45) is 5.09. The van der Waals surface area contributed by atoms with Crippen LogP contribution in [-0.2, 0) is 13.6 Å². The Bertz CT molecular complexity index is 837. The van der Waals surface area contributed by atoms with Crippen molar-refractivity contribution in [3.05, 3.63) is 42.0 Å². The predicted molar refractivity (Wildman–Crippen MR) is 122 cm³/mol. The lowest BCUT2D eigenvalue weighted by atomic mass is 10.2. The van der Waals surface area contributed by atoms with Gasteiger partial charge in [0.15, 0.2) is 11.8 Å². The van der Waals surface area contributed by atoms with Gasteiger partial charge in [-0.3, -0.25) is 4.90 Å². The summed E-state index contributed by atoms with van der Waals surface area (Å²) in [4.78, 5) is 9.82. The Morgan fingerprint density at radius 1 is 1.10 bits per heavy atom. The summed E-state index contributed by atoms with van der Waals surface area (Å²) in [5, 5.41) is 12.2. The van der Waals surface area contributed by atoms with E-state index in [2.05, 4.69) is 25.3 Å². The van der Waals surface area contributed by atoms with E-state index in [1.807, 2.05) is 48.9 Å². The number of aryl methyl sites for hydroxylation is 1. The van der Waals surface area contributed by atoms with Crippen LogP contribution >= 0.6 is 0 Å². The summed E-state index contributed by atoms with van der Waals surface area (Å²) >= 11 is 0. The number of nitrogens with one attached hydrogen (secondary N) is 1. The van der Waals surface area contributed by atoms with E-state index in [0.717, 1.165) is 62.7 Å². The number of aliphatic imine (C=N–C) groups is 1. The minimum atomic E-state index is 0.539. The molecule has 8 heteroatoms. The zero-order valence-electron chi connectivity index (χ0n) is 18.8. The molecule has 1 aromatic carbocycles. The first-order valence-electron chi connectivity index (χ1n) is 11.5. The highest BCUT2D eigenvalue weighted by Crippen LogP contribution is 2.18. The highest BCUT2D eigenvalue weighted by molar-refractivity contribution is 5.80. The fourth-order valence-electron chi connectivity index (χ4n) is 4.22. The lowest BCUT2D eigenvalue weighted by molar-refractivity contribution is 0.151. The van der Waals surface area contributed by atoms with Gasteiger partial charge in [-0.2, -0.15) is 0 Å². The van der Waals surface area contributed by atoms with Gasteiger partial charge in [-0.1, -0.05) is 31.0 Å². The summed E-state index contributed by atoms with van der Waals surface area (Å²) in [5.41, 5.74) is 0. The second-order valence-electron chi connectivity index (χ2n) is 8.48. The molecular formula is C23H35N7O. The van der Waals surface area contributed by atoms with Crippen molar-refractivity contribution in [2.45, 2.75) is 45.2 Å². The Kier molecular flexibility index (Phi) is 7.40. The van der Waals surface area contributed by atoms with Crippen LogP contribution in [0.15, 0.2) is 35.3 Å². The molecule has 2 aromatic rings. The largest absolute Gasteiger partial charge is 0.492 e. The van der Waals surface area contributed by atoms with Crippen LogP contribution in [0.25, 0.3) is 0 Å². The van der Waals surface area contributed by atoms with Crippen LogP contribution in [0.4, 0.5) is 0 Å². The molecule has 0 amide bonds. The van der Waals surface area contributed by atoms with Crippen LogP contribution in [0, 0.1) is 6.92 Å². The van der Waals surface area contributed by atoms with Gasteiger partial charge in [-0.05, 0) is 31.9 Å². The van der Waals surface area contributed by atoms with Crippen LogP contribution in [0.5, 0.6) is 5.75 Å². The zero-order chi connectivity index (χ0) is 21.5. The summed E-state index contributed by atoms with van der Waals surface area (Å²) in [6.45, 7) is 8.18. The number of rotatable bonds is 7. The van der Waals surface area contributed by atoms with Gasteiger partial charge in [-0.15, -0.1) is 10.2 Å². The van der Waals surface area contributed by atoms with E-state index in [1.54, 1.807) is 0 Å². The third kappa shape index (κ3) is 5.97. The lowest BCUT2D eigenvalue weighted by Crippen LogP contribution is -2.54. The number of aromatic nitrogens is 3. The molecule has 2 fully saturated rings. The van der Waals surface area contributed by atoms with E-state index in [0.29, 0.717) is 12.6 Å². The molecule has 1 aliphatic carbocycles. The van der Waals surface area contributed by atoms with E-state index < -0.39 is 0 Å². The second kappa shape index (κ2) is 10.6. The van der Waals surface area contributed by atoms with E-state index in [-0.39, 0.29) is 0 Å². The van der Waals surface area contributed by atoms with Crippen LogP contribution in [0.1, 0.15) is 37.3 Å². The summed E-state index contributed by atoms with van der Waals surface area (Å²) in [6, 6.07) is 10.6. The van der Waals surface area contributed by atoms with Gasteiger partial charge in [0.1, 0.15) is 24.7 Å². The van der Waals surface area contributed by atoms with Gasteiger partial charge in [0, 0.05) is 45.8 Å². The second-order valence-corrected chi connectivity index (χ2v) is 8.48. The normalized spacial score (nSPS) is 18.5. The van der Waals surface area contributed by atoms with Crippen LogP contribution in [0.2, 0.25) is 0 Å². The number of para-hydroxylation sites is 1. The van der Waals surface area contributed by atoms with Crippen LogP contribution in [0.3, 0.4) is 0 Å². The minimum absolute atomic E-state index is 0.539. The first kappa shape index (κ1) is 21.6. The maximum Gasteiger partial charge on any atom is 0.194 e. The van der Waals surface area contributed by atoms with Crippen molar-refractivity contribution in [3.63, 3.8) is 0 Å². The molecule has 1 saturated carbocycles. The number of hydrogen-bond acceptors (Lipinski definition) is 5. The van der Waals surface area contributed by atoms with Crippen LogP contribution < -0.4 is 10.1 Å². The predicted octanol–water partition coefficient (Wildman–Crippen LogP) is 2.21. The van der Waals surface area contributed by atoms with Gasteiger partial charge in [0.2, 0.25) is 0 Å². The van der Waals surface area contributed by atoms with Crippen LogP contribution in [-0.4, -0.2) is 75.9 Å². The standard InChI is InChI=1S/C23H35N7O/c1-19-26-27-22(28(19)2)18-24-23(25-20-8-6-7-9-20)30-14-12-29(13-15-30)16-17-31-21-10-4-3-5-11-21/h3-5,10-11,20H,6-9,12-18H2,1-2H3,(H,24,25). The Morgan fingerprint density at radius 3 is 2.52 bits per heavy atom. The molecule has 0 atom stereocenters.